The Bertz CT molecular complexity index is 687. The van der Waals surface area contributed by atoms with Crippen molar-refractivity contribution in [1.82, 2.24) is 0 Å². The van der Waals surface area contributed by atoms with E-state index < -0.39 is 12.4 Å². The van der Waals surface area contributed by atoms with Crippen molar-refractivity contribution in [3.8, 4) is 0 Å². The molecule has 5 heteroatoms. The summed E-state index contributed by atoms with van der Waals surface area (Å²) in [5.74, 6) is -0.365. The summed E-state index contributed by atoms with van der Waals surface area (Å²) in [6.45, 7) is 0.738. The second-order valence-corrected chi connectivity index (χ2v) is 5.86. The first kappa shape index (κ1) is 15.3. The minimum absolute atomic E-state index is 0.210. The Kier molecular flexibility index (Phi) is 4.30. The van der Waals surface area contributed by atoms with Gasteiger partial charge >= 0.3 is 5.97 Å². The Labute approximate surface area is 140 Å². The van der Waals surface area contributed by atoms with Gasteiger partial charge in [0, 0.05) is 5.56 Å². The van der Waals surface area contributed by atoms with Crippen LogP contribution in [0.5, 0.6) is 0 Å². The molecule has 0 spiro atoms. The quantitative estimate of drug-likeness (QED) is 0.812. The van der Waals surface area contributed by atoms with E-state index in [9.17, 15) is 4.79 Å². The standard InChI is InChI=1S/C19H18O5/c20-18(13-7-3-1-4-8-13)23-16-12-21-15-11-22-19(24-17(15)16)14-9-5-2-6-10-14/h1-10,15-17,19H,11-12H2/t15?,16-,17-,19?/m1/s1. The number of carbonyl (C=O) groups excluding carboxylic acids is 1. The summed E-state index contributed by atoms with van der Waals surface area (Å²) in [5, 5.41) is 0. The predicted molar refractivity (Wildman–Crippen MR) is 85.4 cm³/mol. The van der Waals surface area contributed by atoms with E-state index in [1.807, 2.05) is 36.4 Å². The number of hydrogen-bond acceptors (Lipinski definition) is 5. The van der Waals surface area contributed by atoms with Gasteiger partial charge in [0.15, 0.2) is 12.4 Å². The van der Waals surface area contributed by atoms with Crippen LogP contribution in [0.1, 0.15) is 22.2 Å². The Morgan fingerprint density at radius 3 is 2.38 bits per heavy atom. The molecular formula is C19H18O5. The van der Waals surface area contributed by atoms with Crippen LogP contribution in [0.15, 0.2) is 60.7 Å². The fourth-order valence-electron chi connectivity index (χ4n) is 3.00. The lowest BCUT2D eigenvalue weighted by molar-refractivity contribution is -0.251. The molecular weight excluding hydrogens is 308 g/mol. The third-order valence-electron chi connectivity index (χ3n) is 4.24. The van der Waals surface area contributed by atoms with Gasteiger partial charge in [0.05, 0.1) is 18.8 Å². The molecule has 0 aromatic heterocycles. The zero-order valence-corrected chi connectivity index (χ0v) is 13.0. The second kappa shape index (κ2) is 6.73. The monoisotopic (exact) mass is 326 g/mol. The molecule has 4 atom stereocenters. The molecule has 0 saturated carbocycles. The van der Waals surface area contributed by atoms with Gasteiger partial charge in [-0.2, -0.15) is 0 Å². The molecule has 0 amide bonds. The summed E-state index contributed by atoms with van der Waals surface area (Å²) in [4.78, 5) is 12.3. The Morgan fingerprint density at radius 1 is 0.917 bits per heavy atom. The summed E-state index contributed by atoms with van der Waals surface area (Å²) in [7, 11) is 0. The summed E-state index contributed by atoms with van der Waals surface area (Å²) in [5.41, 5.74) is 1.46. The molecule has 0 bridgehead atoms. The molecule has 2 unspecified atom stereocenters. The highest BCUT2D eigenvalue weighted by Gasteiger charge is 2.45. The largest absolute Gasteiger partial charge is 0.453 e. The fraction of sp³-hybridized carbons (Fsp3) is 0.316. The number of ether oxygens (including phenoxy) is 4. The molecule has 124 valence electrons. The molecule has 24 heavy (non-hydrogen) atoms. The molecule has 4 rings (SSSR count). The van der Waals surface area contributed by atoms with E-state index in [4.69, 9.17) is 18.9 Å². The van der Waals surface area contributed by atoms with Crippen LogP contribution in [0.4, 0.5) is 0 Å². The van der Waals surface area contributed by atoms with E-state index in [0.717, 1.165) is 5.56 Å². The van der Waals surface area contributed by atoms with Crippen LogP contribution >= 0.6 is 0 Å². The van der Waals surface area contributed by atoms with Gasteiger partial charge in [-0.25, -0.2) is 4.79 Å². The highest BCUT2D eigenvalue weighted by Crippen LogP contribution is 2.33. The summed E-state index contributed by atoms with van der Waals surface area (Å²) >= 11 is 0. The molecule has 2 saturated heterocycles. The van der Waals surface area contributed by atoms with Crippen LogP contribution in [0.2, 0.25) is 0 Å². The van der Waals surface area contributed by atoms with Crippen molar-refractivity contribution in [3.05, 3.63) is 71.8 Å². The summed E-state index contributed by atoms with van der Waals surface area (Å²) in [6, 6.07) is 18.6. The van der Waals surface area contributed by atoms with Gasteiger partial charge in [0.2, 0.25) is 0 Å². The van der Waals surface area contributed by atoms with Gasteiger partial charge < -0.3 is 18.9 Å². The molecule has 2 aromatic carbocycles. The third-order valence-corrected chi connectivity index (χ3v) is 4.24. The van der Waals surface area contributed by atoms with Crippen LogP contribution in [-0.4, -0.2) is 37.5 Å². The van der Waals surface area contributed by atoms with Gasteiger partial charge in [0.25, 0.3) is 0 Å². The average molecular weight is 326 g/mol. The van der Waals surface area contributed by atoms with Crippen molar-refractivity contribution in [2.75, 3.05) is 13.2 Å². The Balaban J connectivity index is 1.45. The van der Waals surface area contributed by atoms with E-state index in [1.54, 1.807) is 24.3 Å². The zero-order chi connectivity index (χ0) is 16.4. The molecule has 2 heterocycles. The predicted octanol–water partition coefficient (Wildman–Crippen LogP) is 2.73. The molecule has 0 N–H and O–H groups in total. The van der Waals surface area contributed by atoms with E-state index in [0.29, 0.717) is 18.8 Å². The lowest BCUT2D eigenvalue weighted by Gasteiger charge is -2.33. The SMILES string of the molecule is O=C(O[C@@H]1COC2COC(c3ccccc3)O[C@H]21)c1ccccc1. The molecule has 2 aliphatic heterocycles. The maximum Gasteiger partial charge on any atom is 0.338 e. The normalized spacial score (nSPS) is 29.0. The van der Waals surface area contributed by atoms with Gasteiger partial charge in [-0.1, -0.05) is 48.5 Å². The minimum atomic E-state index is -0.466. The van der Waals surface area contributed by atoms with Crippen molar-refractivity contribution >= 4 is 5.97 Å². The molecule has 0 aliphatic carbocycles. The topological polar surface area (TPSA) is 54.0 Å². The highest BCUT2D eigenvalue weighted by molar-refractivity contribution is 5.89. The maximum absolute atomic E-state index is 12.3. The number of rotatable bonds is 3. The highest BCUT2D eigenvalue weighted by atomic mass is 16.7. The number of esters is 1. The van der Waals surface area contributed by atoms with Crippen molar-refractivity contribution < 1.29 is 23.7 Å². The molecule has 0 radical (unpaired) electrons. The van der Waals surface area contributed by atoms with Crippen molar-refractivity contribution in [2.24, 2.45) is 0 Å². The summed E-state index contributed by atoms with van der Waals surface area (Å²) in [6.07, 6.45) is -1.43. The lowest BCUT2D eigenvalue weighted by atomic mass is 10.1. The maximum atomic E-state index is 12.3. The third kappa shape index (κ3) is 3.06. The molecule has 5 nitrogen and oxygen atoms in total. The van der Waals surface area contributed by atoms with Crippen molar-refractivity contribution in [1.29, 1.82) is 0 Å². The van der Waals surface area contributed by atoms with E-state index in [-0.39, 0.29) is 18.2 Å². The minimum Gasteiger partial charge on any atom is -0.453 e. The smallest absolute Gasteiger partial charge is 0.338 e. The Hall–Kier alpha value is -2.21. The van der Waals surface area contributed by atoms with Crippen LogP contribution in [0.3, 0.4) is 0 Å². The number of hydrogen-bond donors (Lipinski definition) is 0. The zero-order valence-electron chi connectivity index (χ0n) is 13.0. The molecule has 2 fully saturated rings. The van der Waals surface area contributed by atoms with Gasteiger partial charge in [-0.05, 0) is 12.1 Å². The van der Waals surface area contributed by atoms with Crippen molar-refractivity contribution in [3.63, 3.8) is 0 Å². The van der Waals surface area contributed by atoms with Crippen LogP contribution in [-0.2, 0) is 18.9 Å². The van der Waals surface area contributed by atoms with Crippen LogP contribution in [0.25, 0.3) is 0 Å². The van der Waals surface area contributed by atoms with E-state index >= 15 is 0 Å². The van der Waals surface area contributed by atoms with E-state index in [2.05, 4.69) is 0 Å². The van der Waals surface area contributed by atoms with Crippen LogP contribution < -0.4 is 0 Å². The lowest BCUT2D eigenvalue weighted by Crippen LogP contribution is -2.43. The number of benzene rings is 2. The van der Waals surface area contributed by atoms with Crippen LogP contribution in [0, 0.1) is 0 Å². The first-order valence-corrected chi connectivity index (χ1v) is 8.01. The van der Waals surface area contributed by atoms with E-state index in [1.165, 1.54) is 0 Å². The summed E-state index contributed by atoms with van der Waals surface area (Å²) < 4.78 is 23.0. The van der Waals surface area contributed by atoms with Gasteiger partial charge in [-0.15, -0.1) is 0 Å². The fourth-order valence-corrected chi connectivity index (χ4v) is 3.00. The molecule has 2 aromatic rings. The first-order valence-electron chi connectivity index (χ1n) is 8.01. The van der Waals surface area contributed by atoms with Gasteiger partial charge in [-0.3, -0.25) is 0 Å². The average Bonchev–Trinajstić information content (AvgIpc) is 3.05. The first-order chi connectivity index (χ1) is 11.8. The Morgan fingerprint density at radius 2 is 1.62 bits per heavy atom. The van der Waals surface area contributed by atoms with Gasteiger partial charge in [0.1, 0.15) is 12.2 Å². The van der Waals surface area contributed by atoms with Crippen molar-refractivity contribution in [2.45, 2.75) is 24.6 Å². The number of fused-ring (bicyclic) bond motifs is 1. The molecule has 2 aliphatic rings. The number of carbonyl (C=O) groups is 1. The second-order valence-electron chi connectivity index (χ2n) is 5.86.